The Morgan fingerprint density at radius 3 is 2.79 bits per heavy atom. The molecule has 0 aliphatic carbocycles. The number of anilines is 1. The van der Waals surface area contributed by atoms with Gasteiger partial charge in [-0.25, -0.2) is 9.98 Å². The summed E-state index contributed by atoms with van der Waals surface area (Å²) in [5.41, 5.74) is 1.24. The van der Waals surface area contributed by atoms with Crippen LogP contribution in [-0.4, -0.2) is 85.8 Å². The van der Waals surface area contributed by atoms with Crippen LogP contribution in [0.4, 0.5) is 5.82 Å². The molecule has 7 nitrogen and oxygen atoms in total. The van der Waals surface area contributed by atoms with E-state index in [1.54, 1.807) is 0 Å². The van der Waals surface area contributed by atoms with Gasteiger partial charge in [-0.1, -0.05) is 0 Å². The maximum Gasteiger partial charge on any atom is 0.194 e. The van der Waals surface area contributed by atoms with E-state index in [2.05, 4.69) is 44.1 Å². The minimum atomic E-state index is 0.620. The average Bonchev–Trinajstić information content (AvgIpc) is 3.28. The lowest BCUT2D eigenvalue weighted by Crippen LogP contribution is -2.46. The van der Waals surface area contributed by atoms with Gasteiger partial charge in [-0.05, 0) is 50.3 Å². The van der Waals surface area contributed by atoms with E-state index in [1.807, 2.05) is 6.20 Å². The number of rotatable bonds is 5. The lowest BCUT2D eigenvalue weighted by molar-refractivity contribution is 0.0195. The monoisotopic (exact) mass is 400 g/mol. The molecule has 0 saturated carbocycles. The van der Waals surface area contributed by atoms with Crippen LogP contribution in [0.3, 0.4) is 0 Å². The van der Waals surface area contributed by atoms with E-state index in [0.29, 0.717) is 12.6 Å². The number of nitrogens with one attached hydrogen (secondary N) is 1. The zero-order valence-corrected chi connectivity index (χ0v) is 17.9. The van der Waals surface area contributed by atoms with Crippen molar-refractivity contribution in [3.8, 4) is 0 Å². The van der Waals surface area contributed by atoms with Crippen molar-refractivity contribution in [2.45, 2.75) is 45.2 Å². The highest BCUT2D eigenvalue weighted by molar-refractivity contribution is 5.80. The molecular formula is C22H36N6O. The second-order valence-electron chi connectivity index (χ2n) is 8.28. The third-order valence-electron chi connectivity index (χ3n) is 6.26. The summed E-state index contributed by atoms with van der Waals surface area (Å²) in [6.07, 6.45) is 7.03. The minimum Gasteiger partial charge on any atom is -0.379 e. The number of guanidine groups is 1. The first-order valence-electron chi connectivity index (χ1n) is 11.4. The molecule has 0 bridgehead atoms. The lowest BCUT2D eigenvalue weighted by Gasteiger charge is -2.32. The second kappa shape index (κ2) is 10.3. The lowest BCUT2D eigenvalue weighted by atomic mass is 10.1. The highest BCUT2D eigenvalue weighted by Gasteiger charge is 2.30. The molecule has 160 valence electrons. The molecule has 3 aliphatic heterocycles. The van der Waals surface area contributed by atoms with Crippen LogP contribution in [0.1, 0.15) is 38.2 Å². The molecule has 3 saturated heterocycles. The molecule has 1 aromatic heterocycles. The molecular weight excluding hydrogens is 364 g/mol. The van der Waals surface area contributed by atoms with Crippen molar-refractivity contribution in [2.24, 2.45) is 4.99 Å². The van der Waals surface area contributed by atoms with E-state index >= 15 is 0 Å². The van der Waals surface area contributed by atoms with E-state index in [1.165, 1.54) is 31.2 Å². The summed E-state index contributed by atoms with van der Waals surface area (Å²) in [6, 6.07) is 4.94. The average molecular weight is 401 g/mol. The summed E-state index contributed by atoms with van der Waals surface area (Å²) in [5.74, 6) is 2.15. The first-order valence-corrected chi connectivity index (χ1v) is 11.4. The number of hydrogen-bond acceptors (Lipinski definition) is 5. The Morgan fingerprint density at radius 1 is 1.17 bits per heavy atom. The van der Waals surface area contributed by atoms with E-state index in [-0.39, 0.29) is 0 Å². The molecule has 7 heteroatoms. The zero-order valence-electron chi connectivity index (χ0n) is 17.9. The van der Waals surface area contributed by atoms with Crippen molar-refractivity contribution in [3.05, 3.63) is 23.9 Å². The van der Waals surface area contributed by atoms with Gasteiger partial charge in [0.05, 0.1) is 19.8 Å². The Balaban J connectivity index is 1.38. The summed E-state index contributed by atoms with van der Waals surface area (Å²) in [5, 5.41) is 3.50. The number of pyridine rings is 1. The van der Waals surface area contributed by atoms with Gasteiger partial charge in [0, 0.05) is 58.1 Å². The van der Waals surface area contributed by atoms with Crippen LogP contribution in [0, 0.1) is 0 Å². The SMILES string of the molecule is CCNC(=NCc1ccnc(N2CCCCC2)c1)N1CCC(N2CCOCC2)C1. The first-order chi connectivity index (χ1) is 14.3. The van der Waals surface area contributed by atoms with Crippen LogP contribution in [0.15, 0.2) is 23.3 Å². The fraction of sp³-hybridized carbons (Fsp3) is 0.727. The quantitative estimate of drug-likeness (QED) is 0.602. The van der Waals surface area contributed by atoms with E-state index in [0.717, 1.165) is 70.8 Å². The third kappa shape index (κ3) is 5.39. The molecule has 0 spiro atoms. The number of hydrogen-bond donors (Lipinski definition) is 1. The van der Waals surface area contributed by atoms with Gasteiger partial charge in [-0.2, -0.15) is 0 Å². The number of nitrogens with zero attached hydrogens (tertiary/aromatic N) is 5. The largest absolute Gasteiger partial charge is 0.379 e. The van der Waals surface area contributed by atoms with Crippen molar-refractivity contribution in [1.82, 2.24) is 20.1 Å². The summed E-state index contributed by atoms with van der Waals surface area (Å²) in [7, 11) is 0. The van der Waals surface area contributed by atoms with Crippen molar-refractivity contribution < 1.29 is 4.74 Å². The van der Waals surface area contributed by atoms with Crippen molar-refractivity contribution >= 4 is 11.8 Å². The molecule has 0 amide bonds. The van der Waals surface area contributed by atoms with Gasteiger partial charge >= 0.3 is 0 Å². The molecule has 1 N–H and O–H groups in total. The van der Waals surface area contributed by atoms with Gasteiger partial charge in [0.2, 0.25) is 0 Å². The van der Waals surface area contributed by atoms with E-state index < -0.39 is 0 Å². The summed E-state index contributed by atoms with van der Waals surface area (Å²) < 4.78 is 5.51. The van der Waals surface area contributed by atoms with Crippen molar-refractivity contribution in [1.29, 1.82) is 0 Å². The number of piperidine rings is 1. The maximum absolute atomic E-state index is 5.51. The topological polar surface area (TPSA) is 56.2 Å². The molecule has 1 atom stereocenters. The standard InChI is InChI=1S/C22H36N6O/c1-2-23-22(28-11-7-20(18-28)26-12-14-29-15-13-26)25-17-19-6-8-24-21(16-19)27-9-4-3-5-10-27/h6,8,16,20H,2-5,7,9-15,17-18H2,1H3,(H,23,25). The number of likely N-dealkylation sites (tertiary alicyclic amines) is 1. The predicted octanol–water partition coefficient (Wildman–Crippen LogP) is 1.94. The fourth-order valence-electron chi connectivity index (χ4n) is 4.62. The Morgan fingerprint density at radius 2 is 2.00 bits per heavy atom. The Labute approximate surface area is 175 Å². The van der Waals surface area contributed by atoms with Crippen molar-refractivity contribution in [2.75, 3.05) is 63.9 Å². The van der Waals surface area contributed by atoms with Gasteiger partial charge in [-0.15, -0.1) is 0 Å². The first kappa shape index (κ1) is 20.4. The Kier molecular flexibility index (Phi) is 7.22. The van der Waals surface area contributed by atoms with Gasteiger partial charge in [0.1, 0.15) is 5.82 Å². The maximum atomic E-state index is 5.51. The molecule has 3 aliphatic rings. The van der Waals surface area contributed by atoms with Gasteiger partial charge < -0.3 is 19.9 Å². The van der Waals surface area contributed by atoms with Gasteiger partial charge in [0.25, 0.3) is 0 Å². The van der Waals surface area contributed by atoms with Crippen LogP contribution in [0.25, 0.3) is 0 Å². The molecule has 3 fully saturated rings. The molecule has 4 heterocycles. The van der Waals surface area contributed by atoms with Gasteiger partial charge in [0.15, 0.2) is 5.96 Å². The Bertz CT molecular complexity index is 669. The number of aliphatic imine (C=N–C) groups is 1. The molecule has 1 aromatic rings. The van der Waals surface area contributed by atoms with E-state index in [4.69, 9.17) is 9.73 Å². The van der Waals surface area contributed by atoms with Gasteiger partial charge in [-0.3, -0.25) is 4.90 Å². The summed E-state index contributed by atoms with van der Waals surface area (Å²) in [4.78, 5) is 17.0. The highest BCUT2D eigenvalue weighted by Crippen LogP contribution is 2.20. The third-order valence-corrected chi connectivity index (χ3v) is 6.26. The predicted molar refractivity (Wildman–Crippen MR) is 117 cm³/mol. The molecule has 29 heavy (non-hydrogen) atoms. The number of ether oxygens (including phenoxy) is 1. The molecule has 1 unspecified atom stereocenters. The van der Waals surface area contributed by atoms with Crippen LogP contribution in [0.5, 0.6) is 0 Å². The highest BCUT2D eigenvalue weighted by atomic mass is 16.5. The molecule has 0 radical (unpaired) electrons. The number of morpholine rings is 1. The summed E-state index contributed by atoms with van der Waals surface area (Å²) >= 11 is 0. The smallest absolute Gasteiger partial charge is 0.194 e. The minimum absolute atomic E-state index is 0.620. The van der Waals surface area contributed by atoms with Crippen molar-refractivity contribution in [3.63, 3.8) is 0 Å². The van der Waals surface area contributed by atoms with Crippen LogP contribution < -0.4 is 10.2 Å². The molecule has 0 aromatic carbocycles. The summed E-state index contributed by atoms with van der Waals surface area (Å²) in [6.45, 7) is 12.0. The second-order valence-corrected chi connectivity index (χ2v) is 8.28. The zero-order chi connectivity index (χ0) is 19.9. The number of aromatic nitrogens is 1. The van der Waals surface area contributed by atoms with Crippen LogP contribution in [0.2, 0.25) is 0 Å². The van der Waals surface area contributed by atoms with E-state index in [9.17, 15) is 0 Å². The fourth-order valence-corrected chi connectivity index (χ4v) is 4.62. The molecule has 4 rings (SSSR count). The van der Waals surface area contributed by atoms with Crippen LogP contribution in [-0.2, 0) is 11.3 Å². The van der Waals surface area contributed by atoms with Crippen LogP contribution >= 0.6 is 0 Å². The Hall–Kier alpha value is -1.86. The normalized spacial score (nSPS) is 24.2.